The summed E-state index contributed by atoms with van der Waals surface area (Å²) >= 11 is 5.95. The Kier molecular flexibility index (Phi) is 1.42. The molecule has 0 N–H and O–H groups in total. The van der Waals surface area contributed by atoms with Crippen molar-refractivity contribution >= 4 is 11.6 Å². The average molecular weight is 152 g/mol. The Morgan fingerprint density at radius 1 is 1.30 bits per heavy atom. The second-order valence-electron chi connectivity index (χ2n) is 2.55. The fraction of sp³-hybridized carbons (Fsp3) is 0.222. The van der Waals surface area contributed by atoms with Crippen molar-refractivity contribution in [3.8, 4) is 0 Å². The van der Waals surface area contributed by atoms with Crippen molar-refractivity contribution in [3.63, 3.8) is 0 Å². The summed E-state index contributed by atoms with van der Waals surface area (Å²) in [6.45, 7) is 0. The van der Waals surface area contributed by atoms with Crippen LogP contribution in [0.4, 0.5) is 0 Å². The van der Waals surface area contributed by atoms with Crippen molar-refractivity contribution in [1.82, 2.24) is 0 Å². The summed E-state index contributed by atoms with van der Waals surface area (Å²) in [5.41, 5.74) is 2.65. The molecule has 1 aromatic rings. The molecule has 0 fully saturated rings. The van der Waals surface area contributed by atoms with E-state index in [1.165, 1.54) is 11.1 Å². The first-order chi connectivity index (χ1) is 4.88. The molecule has 0 bridgehead atoms. The van der Waals surface area contributed by atoms with Crippen molar-refractivity contribution in [2.45, 2.75) is 12.8 Å². The molecular formula is C9H8Cl. The van der Waals surface area contributed by atoms with Crippen LogP contribution in [0.1, 0.15) is 17.5 Å². The molecule has 0 amide bonds. The average Bonchev–Trinajstić information content (AvgIpc) is 2.36. The Morgan fingerprint density at radius 2 is 2.20 bits per heavy atom. The van der Waals surface area contributed by atoms with Crippen LogP contribution in [-0.4, -0.2) is 0 Å². The molecule has 1 heteroatoms. The lowest BCUT2D eigenvalue weighted by Gasteiger charge is -1.98. The maximum Gasteiger partial charge on any atom is 0.0440 e. The SMILES string of the molecule is Clc1cccc2c1CC[CH]2. The summed E-state index contributed by atoms with van der Waals surface area (Å²) in [6.07, 6.45) is 4.51. The molecule has 0 unspecified atom stereocenters. The van der Waals surface area contributed by atoms with Gasteiger partial charge in [-0.1, -0.05) is 23.7 Å². The van der Waals surface area contributed by atoms with Gasteiger partial charge in [-0.15, -0.1) is 0 Å². The van der Waals surface area contributed by atoms with Gasteiger partial charge in [0.1, 0.15) is 0 Å². The predicted molar refractivity (Wildman–Crippen MR) is 43.2 cm³/mol. The number of hydrogen-bond donors (Lipinski definition) is 0. The van der Waals surface area contributed by atoms with Crippen molar-refractivity contribution < 1.29 is 0 Å². The van der Waals surface area contributed by atoms with Gasteiger partial charge >= 0.3 is 0 Å². The molecule has 0 atom stereocenters. The Hall–Kier alpha value is -0.490. The van der Waals surface area contributed by atoms with Gasteiger partial charge in [-0.05, 0) is 36.5 Å². The highest BCUT2D eigenvalue weighted by atomic mass is 35.5. The van der Waals surface area contributed by atoms with E-state index in [1.54, 1.807) is 0 Å². The highest BCUT2D eigenvalue weighted by molar-refractivity contribution is 6.31. The summed E-state index contributed by atoms with van der Waals surface area (Å²) in [7, 11) is 0. The molecule has 1 radical (unpaired) electrons. The van der Waals surface area contributed by atoms with E-state index >= 15 is 0 Å². The van der Waals surface area contributed by atoms with E-state index in [4.69, 9.17) is 11.6 Å². The van der Waals surface area contributed by atoms with Crippen molar-refractivity contribution in [1.29, 1.82) is 0 Å². The predicted octanol–water partition coefficient (Wildman–Crippen LogP) is 2.84. The van der Waals surface area contributed by atoms with Gasteiger partial charge < -0.3 is 0 Å². The minimum absolute atomic E-state index is 0.922. The molecule has 1 aromatic carbocycles. The molecule has 1 aliphatic rings. The molecule has 0 nitrogen and oxygen atoms in total. The number of hydrogen-bond acceptors (Lipinski definition) is 0. The number of rotatable bonds is 0. The van der Waals surface area contributed by atoms with Crippen LogP contribution in [0.15, 0.2) is 18.2 Å². The lowest BCUT2D eigenvalue weighted by atomic mass is 10.1. The maximum atomic E-state index is 5.95. The molecule has 0 aliphatic heterocycles. The Balaban J connectivity index is 2.59. The van der Waals surface area contributed by atoms with E-state index in [0.29, 0.717) is 0 Å². The largest absolute Gasteiger partial charge is 0.0840 e. The van der Waals surface area contributed by atoms with Gasteiger partial charge in [-0.25, -0.2) is 0 Å². The monoisotopic (exact) mass is 151 g/mol. The minimum atomic E-state index is 0.922. The normalized spacial score (nSPS) is 15.3. The van der Waals surface area contributed by atoms with E-state index in [9.17, 15) is 0 Å². The quantitative estimate of drug-likeness (QED) is 0.535. The minimum Gasteiger partial charge on any atom is -0.0840 e. The zero-order valence-electron chi connectivity index (χ0n) is 5.60. The van der Waals surface area contributed by atoms with Gasteiger partial charge in [0, 0.05) is 5.02 Å². The van der Waals surface area contributed by atoms with Crippen LogP contribution >= 0.6 is 11.6 Å². The lowest BCUT2D eigenvalue weighted by molar-refractivity contribution is 1.03. The highest BCUT2D eigenvalue weighted by Gasteiger charge is 2.12. The summed E-state index contributed by atoms with van der Waals surface area (Å²) in [4.78, 5) is 0. The summed E-state index contributed by atoms with van der Waals surface area (Å²) in [6, 6.07) is 6.08. The van der Waals surface area contributed by atoms with E-state index in [2.05, 4.69) is 12.5 Å². The molecular weight excluding hydrogens is 144 g/mol. The van der Waals surface area contributed by atoms with Crippen molar-refractivity contribution in [2.24, 2.45) is 0 Å². The number of halogens is 1. The third kappa shape index (κ3) is 0.836. The van der Waals surface area contributed by atoms with Crippen LogP contribution in [0, 0.1) is 6.42 Å². The van der Waals surface area contributed by atoms with Crippen LogP contribution in [0.3, 0.4) is 0 Å². The molecule has 10 heavy (non-hydrogen) atoms. The van der Waals surface area contributed by atoms with Crippen molar-refractivity contribution in [3.05, 3.63) is 40.8 Å². The maximum absolute atomic E-state index is 5.95. The van der Waals surface area contributed by atoms with Crippen molar-refractivity contribution in [2.75, 3.05) is 0 Å². The van der Waals surface area contributed by atoms with E-state index in [1.807, 2.05) is 12.1 Å². The first-order valence-corrected chi connectivity index (χ1v) is 3.86. The van der Waals surface area contributed by atoms with Crippen LogP contribution in [0.2, 0.25) is 5.02 Å². The zero-order valence-corrected chi connectivity index (χ0v) is 6.36. The smallest absolute Gasteiger partial charge is 0.0440 e. The number of fused-ring (bicyclic) bond motifs is 1. The molecule has 0 saturated heterocycles. The first-order valence-electron chi connectivity index (χ1n) is 3.48. The second kappa shape index (κ2) is 2.28. The van der Waals surface area contributed by atoms with Gasteiger partial charge in [0.25, 0.3) is 0 Å². The molecule has 0 spiro atoms. The van der Waals surface area contributed by atoms with Crippen LogP contribution in [0.25, 0.3) is 0 Å². The van der Waals surface area contributed by atoms with E-state index in [0.717, 1.165) is 17.9 Å². The van der Waals surface area contributed by atoms with Gasteiger partial charge in [0.15, 0.2) is 0 Å². The third-order valence-electron chi connectivity index (χ3n) is 1.91. The Morgan fingerprint density at radius 3 is 3.00 bits per heavy atom. The molecule has 0 aromatic heterocycles. The van der Waals surface area contributed by atoms with Gasteiger partial charge in [0.05, 0.1) is 0 Å². The first kappa shape index (κ1) is 6.23. The van der Waals surface area contributed by atoms with E-state index in [-0.39, 0.29) is 0 Å². The molecule has 0 heterocycles. The zero-order chi connectivity index (χ0) is 6.97. The molecule has 2 rings (SSSR count). The Bertz CT molecular complexity index is 253. The Labute approximate surface area is 65.8 Å². The summed E-state index contributed by atoms with van der Waals surface area (Å²) < 4.78 is 0. The fourth-order valence-electron chi connectivity index (χ4n) is 1.40. The standard InChI is InChI=1S/C9H8Cl/c10-9-6-2-4-7-3-1-5-8(7)9/h2-4,6H,1,5H2. The molecule has 0 saturated carbocycles. The van der Waals surface area contributed by atoms with Crippen LogP contribution in [0.5, 0.6) is 0 Å². The van der Waals surface area contributed by atoms with Crippen LogP contribution in [-0.2, 0) is 6.42 Å². The summed E-state index contributed by atoms with van der Waals surface area (Å²) in [5.74, 6) is 0. The second-order valence-corrected chi connectivity index (χ2v) is 2.96. The number of benzene rings is 1. The third-order valence-corrected chi connectivity index (χ3v) is 2.27. The molecule has 51 valence electrons. The fourth-order valence-corrected chi connectivity index (χ4v) is 1.68. The van der Waals surface area contributed by atoms with Gasteiger partial charge in [-0.2, -0.15) is 0 Å². The molecule has 1 aliphatic carbocycles. The highest BCUT2D eigenvalue weighted by Crippen LogP contribution is 2.29. The van der Waals surface area contributed by atoms with Gasteiger partial charge in [-0.3, -0.25) is 0 Å². The lowest BCUT2D eigenvalue weighted by Crippen LogP contribution is -1.80. The summed E-state index contributed by atoms with van der Waals surface area (Å²) in [5, 5.41) is 0.922. The van der Waals surface area contributed by atoms with E-state index < -0.39 is 0 Å². The topological polar surface area (TPSA) is 0 Å². The van der Waals surface area contributed by atoms with Gasteiger partial charge in [0.2, 0.25) is 0 Å². The van der Waals surface area contributed by atoms with Crippen LogP contribution < -0.4 is 0 Å².